The molecule has 0 aliphatic carbocycles. The first-order chi connectivity index (χ1) is 10.0. The van der Waals surface area contributed by atoms with Crippen molar-refractivity contribution in [3.8, 4) is 0 Å². The number of amides is 1. The summed E-state index contributed by atoms with van der Waals surface area (Å²) in [5, 5.41) is 2.80. The van der Waals surface area contributed by atoms with Crippen molar-refractivity contribution in [2.45, 2.75) is 0 Å². The van der Waals surface area contributed by atoms with Crippen molar-refractivity contribution in [1.82, 2.24) is 15.0 Å². The Balaban J connectivity index is 1.91. The highest BCUT2D eigenvalue weighted by molar-refractivity contribution is 6.29. The smallest absolute Gasteiger partial charge is 0.291 e. The molecule has 2 aromatic heterocycles. The summed E-state index contributed by atoms with van der Waals surface area (Å²) in [7, 11) is 0. The topological polar surface area (TPSA) is 70.7 Å². The first kappa shape index (κ1) is 13.4. The van der Waals surface area contributed by atoms with Gasteiger partial charge in [-0.25, -0.2) is 18.7 Å². The summed E-state index contributed by atoms with van der Waals surface area (Å²) in [6.45, 7) is 0. The molecule has 0 bridgehead atoms. The van der Waals surface area contributed by atoms with Crippen LogP contribution in [0.25, 0.3) is 11.0 Å². The average Bonchev–Trinajstić information content (AvgIpc) is 2.90. The van der Waals surface area contributed by atoms with E-state index < -0.39 is 17.5 Å². The zero-order chi connectivity index (χ0) is 15.0. The number of anilines is 1. The van der Waals surface area contributed by atoms with Crippen molar-refractivity contribution < 1.29 is 13.6 Å². The number of benzene rings is 1. The van der Waals surface area contributed by atoms with Crippen molar-refractivity contribution in [3.05, 3.63) is 53.1 Å². The van der Waals surface area contributed by atoms with Gasteiger partial charge in [0, 0.05) is 0 Å². The normalized spacial score (nSPS) is 10.8. The highest BCUT2D eigenvalue weighted by atomic mass is 35.5. The maximum atomic E-state index is 13.5. The maximum absolute atomic E-state index is 13.5. The second-order valence-corrected chi connectivity index (χ2v) is 4.55. The van der Waals surface area contributed by atoms with Crippen molar-refractivity contribution in [1.29, 1.82) is 0 Å². The Bertz CT molecular complexity index is 832. The van der Waals surface area contributed by atoms with Gasteiger partial charge in [-0.05, 0) is 24.3 Å². The minimum atomic E-state index is -1.10. The molecule has 0 radical (unpaired) electrons. The summed E-state index contributed by atoms with van der Waals surface area (Å²) in [5.41, 5.74) is 0.402. The fraction of sp³-hybridized carbons (Fsp3) is 0. The molecule has 0 saturated carbocycles. The number of halogens is 3. The van der Waals surface area contributed by atoms with Crippen LogP contribution in [0.2, 0.25) is 5.15 Å². The van der Waals surface area contributed by atoms with E-state index in [2.05, 4.69) is 20.3 Å². The zero-order valence-electron chi connectivity index (χ0n) is 10.3. The van der Waals surface area contributed by atoms with E-state index in [0.29, 0.717) is 5.69 Å². The van der Waals surface area contributed by atoms with Crippen LogP contribution in [0.1, 0.15) is 10.6 Å². The van der Waals surface area contributed by atoms with E-state index in [1.165, 1.54) is 18.3 Å². The molecule has 21 heavy (non-hydrogen) atoms. The molecular weight excluding hydrogens is 302 g/mol. The van der Waals surface area contributed by atoms with E-state index in [1.54, 1.807) is 6.07 Å². The third-order valence-corrected chi connectivity index (χ3v) is 2.97. The van der Waals surface area contributed by atoms with Crippen molar-refractivity contribution in [3.63, 3.8) is 0 Å². The highest BCUT2D eigenvalue weighted by Gasteiger charge is 2.16. The number of imidazole rings is 1. The lowest BCUT2D eigenvalue weighted by Crippen LogP contribution is -2.13. The third-order valence-electron chi connectivity index (χ3n) is 2.75. The lowest BCUT2D eigenvalue weighted by molar-refractivity contribution is 0.101. The Hall–Kier alpha value is -2.54. The first-order valence-electron chi connectivity index (χ1n) is 5.81. The van der Waals surface area contributed by atoms with Crippen LogP contribution in [0, 0.1) is 11.6 Å². The largest absolute Gasteiger partial charge is 0.334 e. The van der Waals surface area contributed by atoms with Gasteiger partial charge in [0.25, 0.3) is 5.91 Å². The van der Waals surface area contributed by atoms with E-state index in [1.807, 2.05) is 0 Å². The van der Waals surface area contributed by atoms with Crippen LogP contribution in [-0.4, -0.2) is 20.9 Å². The van der Waals surface area contributed by atoms with Gasteiger partial charge in [-0.3, -0.25) is 4.79 Å². The second kappa shape index (κ2) is 5.10. The summed E-state index contributed by atoms with van der Waals surface area (Å²) >= 11 is 5.63. The monoisotopic (exact) mass is 308 g/mol. The lowest BCUT2D eigenvalue weighted by Gasteiger charge is -2.01. The van der Waals surface area contributed by atoms with Crippen LogP contribution in [0.15, 0.2) is 30.5 Å². The van der Waals surface area contributed by atoms with Gasteiger partial charge in [-0.15, -0.1) is 0 Å². The summed E-state index contributed by atoms with van der Waals surface area (Å²) in [6, 6.07) is 5.32. The fourth-order valence-electron chi connectivity index (χ4n) is 1.77. The Morgan fingerprint density at radius 1 is 1.24 bits per heavy atom. The molecule has 1 amide bonds. The minimum absolute atomic E-state index is 0.135. The van der Waals surface area contributed by atoms with Crippen LogP contribution in [0.5, 0.6) is 0 Å². The molecule has 5 nitrogen and oxygen atoms in total. The number of carbonyl (C=O) groups is 1. The number of aromatic nitrogens is 3. The zero-order valence-corrected chi connectivity index (χ0v) is 11.1. The number of hydrogen-bond acceptors (Lipinski definition) is 3. The van der Waals surface area contributed by atoms with Crippen molar-refractivity contribution in [2.75, 3.05) is 5.32 Å². The summed E-state index contributed by atoms with van der Waals surface area (Å²) in [6.07, 6.45) is 1.36. The third kappa shape index (κ3) is 2.55. The van der Waals surface area contributed by atoms with E-state index in [4.69, 9.17) is 11.6 Å². The average molecular weight is 309 g/mol. The predicted molar refractivity (Wildman–Crippen MR) is 73.2 cm³/mol. The quantitative estimate of drug-likeness (QED) is 0.714. The molecule has 0 aliphatic heterocycles. The van der Waals surface area contributed by atoms with Gasteiger partial charge < -0.3 is 10.3 Å². The van der Waals surface area contributed by atoms with Gasteiger partial charge >= 0.3 is 0 Å². The molecule has 2 heterocycles. The molecule has 1 aromatic carbocycles. The molecule has 2 N–H and O–H groups in total. The SMILES string of the molecule is O=C(Nc1ccc(Cl)nc1)c1nc2c(F)c(F)ccc2[nH]1. The number of rotatable bonds is 2. The van der Waals surface area contributed by atoms with Gasteiger partial charge in [0.1, 0.15) is 10.7 Å². The van der Waals surface area contributed by atoms with Crippen LogP contribution in [0.3, 0.4) is 0 Å². The van der Waals surface area contributed by atoms with Gasteiger partial charge in [-0.2, -0.15) is 0 Å². The number of hydrogen-bond donors (Lipinski definition) is 2. The molecule has 0 unspecified atom stereocenters. The number of carbonyl (C=O) groups excluding carboxylic acids is 1. The standard InChI is InChI=1S/C13H7ClF2N4O/c14-9-4-1-6(5-17-9)18-13(21)12-19-8-3-2-7(15)10(16)11(8)20-12/h1-5H,(H,18,21)(H,19,20). The molecule has 8 heteroatoms. The maximum Gasteiger partial charge on any atom is 0.291 e. The Kier molecular flexibility index (Phi) is 3.26. The predicted octanol–water partition coefficient (Wildman–Crippen LogP) is 3.14. The molecule has 0 spiro atoms. The number of H-pyrrole nitrogens is 1. The molecular formula is C13H7ClF2N4O. The molecule has 0 atom stereocenters. The van der Waals surface area contributed by atoms with Crippen molar-refractivity contribution in [2.24, 2.45) is 0 Å². The Morgan fingerprint density at radius 3 is 2.76 bits per heavy atom. The van der Waals surface area contributed by atoms with Gasteiger partial charge in [0.15, 0.2) is 17.5 Å². The number of nitrogens with zero attached hydrogens (tertiary/aromatic N) is 2. The minimum Gasteiger partial charge on any atom is -0.334 e. The Labute approximate surface area is 122 Å². The van der Waals surface area contributed by atoms with E-state index in [-0.39, 0.29) is 22.0 Å². The summed E-state index contributed by atoms with van der Waals surface area (Å²) in [4.78, 5) is 22.2. The fourth-order valence-corrected chi connectivity index (χ4v) is 1.88. The second-order valence-electron chi connectivity index (χ2n) is 4.17. The van der Waals surface area contributed by atoms with E-state index in [0.717, 1.165) is 6.07 Å². The highest BCUT2D eigenvalue weighted by Crippen LogP contribution is 2.18. The summed E-state index contributed by atoms with van der Waals surface area (Å²) < 4.78 is 26.6. The number of nitrogens with one attached hydrogen (secondary N) is 2. The molecule has 106 valence electrons. The number of pyridine rings is 1. The van der Waals surface area contributed by atoms with Gasteiger partial charge in [-0.1, -0.05) is 11.6 Å². The first-order valence-corrected chi connectivity index (χ1v) is 6.19. The van der Waals surface area contributed by atoms with E-state index >= 15 is 0 Å². The molecule has 0 saturated heterocycles. The summed E-state index contributed by atoms with van der Waals surface area (Å²) in [5.74, 6) is -2.86. The van der Waals surface area contributed by atoms with Crippen LogP contribution in [-0.2, 0) is 0 Å². The Morgan fingerprint density at radius 2 is 2.05 bits per heavy atom. The number of fused-ring (bicyclic) bond motifs is 1. The van der Waals surface area contributed by atoms with Crippen LogP contribution < -0.4 is 5.32 Å². The number of aromatic amines is 1. The van der Waals surface area contributed by atoms with Crippen molar-refractivity contribution >= 4 is 34.2 Å². The molecule has 0 aliphatic rings. The lowest BCUT2D eigenvalue weighted by atomic mass is 10.3. The van der Waals surface area contributed by atoms with E-state index in [9.17, 15) is 13.6 Å². The molecule has 3 rings (SSSR count). The van der Waals surface area contributed by atoms with Crippen LogP contribution in [0.4, 0.5) is 14.5 Å². The molecule has 3 aromatic rings. The van der Waals surface area contributed by atoms with Crippen LogP contribution >= 0.6 is 11.6 Å². The van der Waals surface area contributed by atoms with Gasteiger partial charge in [0.2, 0.25) is 0 Å². The molecule has 0 fully saturated rings. The van der Waals surface area contributed by atoms with Gasteiger partial charge in [0.05, 0.1) is 17.4 Å².